The van der Waals surface area contributed by atoms with Crippen LogP contribution in [0.15, 0.2) is 22.5 Å². The topological polar surface area (TPSA) is 92.3 Å². The summed E-state index contributed by atoms with van der Waals surface area (Å²) < 4.78 is 52.4. The zero-order valence-corrected chi connectivity index (χ0v) is 17.2. The third kappa shape index (κ3) is 5.59. The van der Waals surface area contributed by atoms with Crippen molar-refractivity contribution >= 4 is 49.8 Å². The molecule has 1 N–H and O–H groups in total. The number of carbonyl (C=O) groups is 1. The van der Waals surface area contributed by atoms with Gasteiger partial charge >= 0.3 is 0 Å². The number of anilines is 2. The molecular formula is C15H18F2N4O3S3. The van der Waals surface area contributed by atoms with Crippen LogP contribution >= 0.6 is 23.1 Å². The van der Waals surface area contributed by atoms with Crippen LogP contribution in [-0.4, -0.2) is 42.6 Å². The Hall–Kier alpha value is -1.79. The lowest BCUT2D eigenvalue weighted by Crippen LogP contribution is -2.45. The van der Waals surface area contributed by atoms with Gasteiger partial charge in [-0.2, -0.15) is 0 Å². The molecule has 1 aromatic heterocycles. The number of hydrogen-bond acceptors (Lipinski definition) is 7. The Bertz CT molecular complexity index is 921. The monoisotopic (exact) mass is 436 g/mol. The maximum Gasteiger partial charge on any atom is 0.249 e. The van der Waals surface area contributed by atoms with Crippen LogP contribution in [-0.2, 0) is 14.8 Å². The second-order valence-corrected chi connectivity index (χ2v) is 9.72. The Morgan fingerprint density at radius 1 is 1.33 bits per heavy atom. The molecule has 1 aromatic carbocycles. The second-order valence-electron chi connectivity index (χ2n) is 5.54. The summed E-state index contributed by atoms with van der Waals surface area (Å²) in [4.78, 5) is 12.5. The largest absolute Gasteiger partial charge is 0.299 e. The number of nitrogens with zero attached hydrogens (tertiary/aromatic N) is 3. The predicted molar refractivity (Wildman–Crippen MR) is 103 cm³/mol. The molecule has 0 aliphatic rings. The maximum absolute atomic E-state index is 13.5. The van der Waals surface area contributed by atoms with Crippen molar-refractivity contribution in [2.45, 2.75) is 30.6 Å². The summed E-state index contributed by atoms with van der Waals surface area (Å²) in [6.45, 7) is 3.36. The predicted octanol–water partition coefficient (Wildman–Crippen LogP) is 3.11. The average Bonchev–Trinajstić information content (AvgIpc) is 3.02. The van der Waals surface area contributed by atoms with Gasteiger partial charge in [-0.1, -0.05) is 30.0 Å². The molecule has 0 aliphatic carbocycles. The highest BCUT2D eigenvalue weighted by Gasteiger charge is 2.30. The summed E-state index contributed by atoms with van der Waals surface area (Å²) >= 11 is 2.67. The van der Waals surface area contributed by atoms with Gasteiger partial charge in [-0.15, -0.1) is 10.2 Å². The Balaban J connectivity index is 2.22. The van der Waals surface area contributed by atoms with Crippen LogP contribution < -0.4 is 9.62 Å². The van der Waals surface area contributed by atoms with Crippen LogP contribution in [0.25, 0.3) is 0 Å². The minimum atomic E-state index is -3.94. The maximum atomic E-state index is 13.5. The van der Waals surface area contributed by atoms with Gasteiger partial charge in [0, 0.05) is 11.8 Å². The molecule has 1 atom stereocenters. The van der Waals surface area contributed by atoms with E-state index in [0.717, 1.165) is 40.9 Å². The third-order valence-electron chi connectivity index (χ3n) is 3.31. The number of hydrogen-bond donors (Lipinski definition) is 1. The van der Waals surface area contributed by atoms with Gasteiger partial charge in [0.05, 0.1) is 11.9 Å². The zero-order valence-electron chi connectivity index (χ0n) is 14.8. The molecule has 2 aromatic rings. The molecule has 148 valence electrons. The van der Waals surface area contributed by atoms with Crippen molar-refractivity contribution in [1.82, 2.24) is 10.2 Å². The van der Waals surface area contributed by atoms with Crippen molar-refractivity contribution in [2.24, 2.45) is 0 Å². The second kappa shape index (κ2) is 8.93. The quantitative estimate of drug-likeness (QED) is 0.505. The smallest absolute Gasteiger partial charge is 0.249 e. The molecular weight excluding hydrogens is 418 g/mol. The fraction of sp³-hybridized carbons (Fsp3) is 0.400. The van der Waals surface area contributed by atoms with Crippen molar-refractivity contribution in [3.05, 3.63) is 29.8 Å². The van der Waals surface area contributed by atoms with Gasteiger partial charge < -0.3 is 0 Å². The van der Waals surface area contributed by atoms with Crippen LogP contribution in [0.3, 0.4) is 0 Å². The molecule has 0 saturated carbocycles. The van der Waals surface area contributed by atoms with E-state index < -0.39 is 33.6 Å². The van der Waals surface area contributed by atoms with Gasteiger partial charge in [0.25, 0.3) is 0 Å². The van der Waals surface area contributed by atoms with Gasteiger partial charge in [-0.25, -0.2) is 17.2 Å². The van der Waals surface area contributed by atoms with Crippen molar-refractivity contribution in [1.29, 1.82) is 0 Å². The van der Waals surface area contributed by atoms with E-state index in [1.807, 2.05) is 6.92 Å². The van der Waals surface area contributed by atoms with Crippen molar-refractivity contribution in [3.63, 3.8) is 0 Å². The van der Waals surface area contributed by atoms with E-state index in [9.17, 15) is 22.0 Å². The molecule has 2 rings (SSSR count). The lowest BCUT2D eigenvalue weighted by atomic mass is 10.2. The number of nitrogens with one attached hydrogen (secondary N) is 1. The van der Waals surface area contributed by atoms with Gasteiger partial charge in [0.2, 0.25) is 21.1 Å². The van der Waals surface area contributed by atoms with Crippen molar-refractivity contribution in [2.75, 3.05) is 21.6 Å². The fourth-order valence-corrected chi connectivity index (χ4v) is 5.00. The molecule has 1 amide bonds. The van der Waals surface area contributed by atoms with Gasteiger partial charge in [0.15, 0.2) is 16.0 Å². The van der Waals surface area contributed by atoms with Crippen LogP contribution in [0.5, 0.6) is 0 Å². The van der Waals surface area contributed by atoms with E-state index in [1.165, 1.54) is 30.0 Å². The summed E-state index contributed by atoms with van der Waals surface area (Å²) in [6.07, 6.45) is 1.84. The Labute approximate surface area is 164 Å². The molecule has 0 aliphatic heterocycles. The Morgan fingerprint density at radius 3 is 2.63 bits per heavy atom. The first-order valence-electron chi connectivity index (χ1n) is 7.85. The molecule has 0 spiro atoms. The van der Waals surface area contributed by atoms with Crippen LogP contribution in [0, 0.1) is 11.6 Å². The minimum absolute atomic E-state index is 0.157. The molecule has 1 unspecified atom stereocenters. The lowest BCUT2D eigenvalue weighted by molar-refractivity contribution is -0.116. The summed E-state index contributed by atoms with van der Waals surface area (Å²) in [7, 11) is -3.94. The molecule has 0 saturated heterocycles. The van der Waals surface area contributed by atoms with E-state index in [2.05, 4.69) is 15.5 Å². The highest BCUT2D eigenvalue weighted by atomic mass is 32.2. The summed E-state index contributed by atoms with van der Waals surface area (Å²) in [5.74, 6) is -2.14. The van der Waals surface area contributed by atoms with Crippen LogP contribution in [0.2, 0.25) is 0 Å². The van der Waals surface area contributed by atoms with E-state index in [-0.39, 0.29) is 10.8 Å². The van der Waals surface area contributed by atoms with Crippen molar-refractivity contribution in [3.8, 4) is 0 Å². The van der Waals surface area contributed by atoms with Crippen LogP contribution in [0.4, 0.5) is 19.6 Å². The number of sulfonamides is 1. The number of rotatable bonds is 8. The first kappa shape index (κ1) is 21.5. The standard InChI is InChI=1S/C15H18F2N4O3S3/c1-4-7-25-15-20-19-14(26-15)18-13(22)9(2)21(27(3,23)24)10-5-6-11(16)12(17)8-10/h5-6,8-9H,4,7H2,1-3H3,(H,18,19,22). The third-order valence-corrected chi connectivity index (χ3v) is 6.73. The Morgan fingerprint density at radius 2 is 2.04 bits per heavy atom. The average molecular weight is 437 g/mol. The number of thioether (sulfide) groups is 1. The molecule has 0 fully saturated rings. The van der Waals surface area contributed by atoms with Gasteiger partial charge in [-0.3, -0.25) is 14.4 Å². The highest BCUT2D eigenvalue weighted by molar-refractivity contribution is 8.01. The summed E-state index contributed by atoms with van der Waals surface area (Å²) in [5, 5.41) is 10.5. The van der Waals surface area contributed by atoms with E-state index in [0.29, 0.717) is 4.34 Å². The molecule has 0 bridgehead atoms. The minimum Gasteiger partial charge on any atom is -0.299 e. The van der Waals surface area contributed by atoms with E-state index in [4.69, 9.17) is 0 Å². The van der Waals surface area contributed by atoms with E-state index in [1.54, 1.807) is 0 Å². The number of aromatic nitrogens is 2. The number of amides is 1. The summed E-state index contributed by atoms with van der Waals surface area (Å²) in [6, 6.07) is 1.40. The molecule has 0 radical (unpaired) electrons. The zero-order chi connectivity index (χ0) is 20.2. The highest BCUT2D eigenvalue weighted by Crippen LogP contribution is 2.27. The molecule has 27 heavy (non-hydrogen) atoms. The number of halogens is 2. The summed E-state index contributed by atoms with van der Waals surface area (Å²) in [5.41, 5.74) is -0.157. The Kier molecular flexibility index (Phi) is 7.12. The fourth-order valence-electron chi connectivity index (χ4n) is 2.15. The SMILES string of the molecule is CCCSc1nnc(NC(=O)C(C)N(c2ccc(F)c(F)c2)S(C)(=O)=O)s1. The van der Waals surface area contributed by atoms with Crippen LogP contribution in [0.1, 0.15) is 20.3 Å². The van der Waals surface area contributed by atoms with E-state index >= 15 is 0 Å². The molecule has 7 nitrogen and oxygen atoms in total. The van der Waals surface area contributed by atoms with Gasteiger partial charge in [-0.05, 0) is 25.5 Å². The first-order valence-corrected chi connectivity index (χ1v) is 11.5. The lowest BCUT2D eigenvalue weighted by Gasteiger charge is -2.27. The number of benzene rings is 1. The van der Waals surface area contributed by atoms with Crippen molar-refractivity contribution < 1.29 is 22.0 Å². The molecule has 1 heterocycles. The van der Waals surface area contributed by atoms with Gasteiger partial charge in [0.1, 0.15) is 6.04 Å². The normalized spacial score (nSPS) is 12.6. The molecule has 12 heteroatoms. The first-order chi connectivity index (χ1) is 12.6. The number of carbonyl (C=O) groups excluding carboxylic acids is 1.